The highest BCUT2D eigenvalue weighted by molar-refractivity contribution is 5.94. The largest absolute Gasteiger partial charge is 0.342 e. The van der Waals surface area contributed by atoms with Gasteiger partial charge in [-0.3, -0.25) is 9.78 Å². The Bertz CT molecular complexity index is 680. The standard InChI is InChI=1S/C20H27N3O/c1-14(2)19(21)9-10-23(4)20(24)18-11-17(12-22-13-18)16-7-5-15(3)6-8-16/h5-8,11-14,19H,9-10,21H2,1-4H3. The van der Waals surface area contributed by atoms with Crippen molar-refractivity contribution >= 4 is 5.91 Å². The van der Waals surface area contributed by atoms with Gasteiger partial charge in [0.2, 0.25) is 0 Å². The van der Waals surface area contributed by atoms with Gasteiger partial charge >= 0.3 is 0 Å². The predicted molar refractivity (Wildman–Crippen MR) is 98.8 cm³/mol. The lowest BCUT2D eigenvalue weighted by Gasteiger charge is -2.21. The minimum Gasteiger partial charge on any atom is -0.342 e. The number of benzene rings is 1. The van der Waals surface area contributed by atoms with E-state index < -0.39 is 0 Å². The van der Waals surface area contributed by atoms with Gasteiger partial charge in [0.25, 0.3) is 5.91 Å². The Labute approximate surface area is 144 Å². The lowest BCUT2D eigenvalue weighted by molar-refractivity contribution is 0.0789. The van der Waals surface area contributed by atoms with E-state index in [1.165, 1.54) is 5.56 Å². The Kier molecular flexibility index (Phi) is 6.10. The second-order valence-corrected chi connectivity index (χ2v) is 6.75. The van der Waals surface area contributed by atoms with Gasteiger partial charge < -0.3 is 10.6 Å². The van der Waals surface area contributed by atoms with Gasteiger partial charge in [0.1, 0.15) is 0 Å². The number of carbonyl (C=O) groups is 1. The quantitative estimate of drug-likeness (QED) is 0.884. The first-order valence-corrected chi connectivity index (χ1v) is 8.41. The first-order valence-electron chi connectivity index (χ1n) is 8.41. The molecule has 2 N–H and O–H groups in total. The second kappa shape index (κ2) is 8.06. The molecule has 1 unspecified atom stereocenters. The van der Waals surface area contributed by atoms with Crippen molar-refractivity contribution in [3.63, 3.8) is 0 Å². The highest BCUT2D eigenvalue weighted by atomic mass is 16.2. The fourth-order valence-electron chi connectivity index (χ4n) is 2.46. The third kappa shape index (κ3) is 4.65. The van der Waals surface area contributed by atoms with Crippen LogP contribution in [0.25, 0.3) is 11.1 Å². The zero-order valence-corrected chi connectivity index (χ0v) is 15.0. The molecule has 2 aromatic rings. The number of hydrogen-bond donors (Lipinski definition) is 1. The molecule has 1 aromatic carbocycles. The van der Waals surface area contributed by atoms with Gasteiger partial charge in [0.15, 0.2) is 0 Å². The fourth-order valence-corrected chi connectivity index (χ4v) is 2.46. The maximum absolute atomic E-state index is 12.6. The second-order valence-electron chi connectivity index (χ2n) is 6.75. The van der Waals surface area contributed by atoms with Crippen LogP contribution in [0, 0.1) is 12.8 Å². The van der Waals surface area contributed by atoms with E-state index in [1.807, 2.05) is 25.2 Å². The van der Waals surface area contributed by atoms with Crippen LogP contribution in [0.1, 0.15) is 36.2 Å². The molecule has 1 heterocycles. The Morgan fingerprint density at radius 3 is 2.46 bits per heavy atom. The van der Waals surface area contributed by atoms with Gasteiger partial charge in [0.05, 0.1) is 5.56 Å². The molecule has 0 fully saturated rings. The van der Waals surface area contributed by atoms with Crippen molar-refractivity contribution < 1.29 is 4.79 Å². The molecule has 4 nitrogen and oxygen atoms in total. The average molecular weight is 325 g/mol. The Morgan fingerprint density at radius 2 is 1.83 bits per heavy atom. The number of hydrogen-bond acceptors (Lipinski definition) is 3. The number of aromatic nitrogens is 1. The number of rotatable bonds is 6. The summed E-state index contributed by atoms with van der Waals surface area (Å²) in [4.78, 5) is 18.6. The van der Waals surface area contributed by atoms with Crippen molar-refractivity contribution in [1.82, 2.24) is 9.88 Å². The topological polar surface area (TPSA) is 59.2 Å². The van der Waals surface area contributed by atoms with Crippen molar-refractivity contribution in [1.29, 1.82) is 0 Å². The molecule has 0 aliphatic carbocycles. The number of amides is 1. The first-order chi connectivity index (χ1) is 11.4. The Hall–Kier alpha value is -2.20. The molecule has 1 atom stereocenters. The van der Waals surface area contributed by atoms with Crippen LogP contribution < -0.4 is 5.73 Å². The molecule has 2 rings (SSSR count). The molecule has 0 bridgehead atoms. The molecule has 4 heteroatoms. The van der Waals surface area contributed by atoms with E-state index in [0.29, 0.717) is 18.0 Å². The van der Waals surface area contributed by atoms with Crippen LogP contribution in [0.2, 0.25) is 0 Å². The maximum Gasteiger partial charge on any atom is 0.255 e. The lowest BCUT2D eigenvalue weighted by Crippen LogP contribution is -2.34. The lowest BCUT2D eigenvalue weighted by atomic mass is 10.0. The van der Waals surface area contributed by atoms with Gasteiger partial charge in [-0.15, -0.1) is 0 Å². The van der Waals surface area contributed by atoms with Gasteiger partial charge in [-0.2, -0.15) is 0 Å². The highest BCUT2D eigenvalue weighted by Crippen LogP contribution is 2.20. The van der Waals surface area contributed by atoms with Gasteiger partial charge in [-0.25, -0.2) is 0 Å². The minimum absolute atomic E-state index is 0.0209. The monoisotopic (exact) mass is 325 g/mol. The van der Waals surface area contributed by atoms with Gasteiger partial charge in [0, 0.05) is 37.6 Å². The summed E-state index contributed by atoms with van der Waals surface area (Å²) < 4.78 is 0. The van der Waals surface area contributed by atoms with Crippen LogP contribution in [-0.4, -0.2) is 35.4 Å². The van der Waals surface area contributed by atoms with E-state index in [-0.39, 0.29) is 11.9 Å². The SMILES string of the molecule is Cc1ccc(-c2cncc(C(=O)N(C)CCC(N)C(C)C)c2)cc1. The van der Waals surface area contributed by atoms with Crippen LogP contribution in [0.15, 0.2) is 42.7 Å². The van der Waals surface area contributed by atoms with Gasteiger partial charge in [-0.05, 0) is 30.9 Å². The minimum atomic E-state index is -0.0209. The number of aryl methyl sites for hydroxylation is 1. The first kappa shape index (κ1) is 18.1. The maximum atomic E-state index is 12.6. The molecule has 1 aromatic heterocycles. The van der Waals surface area contributed by atoms with E-state index in [0.717, 1.165) is 17.5 Å². The number of nitrogens with two attached hydrogens (primary N) is 1. The normalized spacial score (nSPS) is 12.2. The number of carbonyl (C=O) groups excluding carboxylic acids is 1. The Balaban J connectivity index is 2.09. The molecule has 24 heavy (non-hydrogen) atoms. The van der Waals surface area contributed by atoms with E-state index in [4.69, 9.17) is 5.73 Å². The molecule has 0 spiro atoms. The predicted octanol–water partition coefficient (Wildman–Crippen LogP) is 3.50. The summed E-state index contributed by atoms with van der Waals surface area (Å²) in [6.45, 7) is 6.90. The summed E-state index contributed by atoms with van der Waals surface area (Å²) in [7, 11) is 1.81. The van der Waals surface area contributed by atoms with Crippen molar-refractivity contribution in [2.45, 2.75) is 33.2 Å². The van der Waals surface area contributed by atoms with E-state index >= 15 is 0 Å². The summed E-state index contributed by atoms with van der Waals surface area (Å²) in [6.07, 6.45) is 4.21. The molecule has 0 aliphatic heterocycles. The molecular weight excluding hydrogens is 298 g/mol. The van der Waals surface area contributed by atoms with Crippen LogP contribution in [0.3, 0.4) is 0 Å². The van der Waals surface area contributed by atoms with Crippen molar-refractivity contribution in [2.24, 2.45) is 11.7 Å². The van der Waals surface area contributed by atoms with E-state index in [1.54, 1.807) is 17.3 Å². The zero-order valence-electron chi connectivity index (χ0n) is 15.0. The molecule has 0 radical (unpaired) electrons. The van der Waals surface area contributed by atoms with E-state index in [2.05, 4.69) is 37.9 Å². The number of pyridine rings is 1. The molecule has 128 valence electrons. The smallest absolute Gasteiger partial charge is 0.255 e. The summed E-state index contributed by atoms with van der Waals surface area (Å²) in [6, 6.07) is 10.2. The summed E-state index contributed by atoms with van der Waals surface area (Å²) in [5.41, 5.74) is 9.89. The molecule has 0 saturated heterocycles. The third-order valence-electron chi connectivity index (χ3n) is 4.37. The van der Waals surface area contributed by atoms with Crippen molar-refractivity contribution in [3.05, 3.63) is 53.9 Å². The van der Waals surface area contributed by atoms with E-state index in [9.17, 15) is 4.79 Å². The fraction of sp³-hybridized carbons (Fsp3) is 0.400. The van der Waals surface area contributed by atoms with Gasteiger partial charge in [-0.1, -0.05) is 43.7 Å². The van der Waals surface area contributed by atoms with Crippen LogP contribution in [0.4, 0.5) is 0 Å². The van der Waals surface area contributed by atoms with Crippen molar-refractivity contribution in [2.75, 3.05) is 13.6 Å². The van der Waals surface area contributed by atoms with Crippen molar-refractivity contribution in [3.8, 4) is 11.1 Å². The summed E-state index contributed by atoms with van der Waals surface area (Å²) in [5, 5.41) is 0. The summed E-state index contributed by atoms with van der Waals surface area (Å²) >= 11 is 0. The molecular formula is C20H27N3O. The Morgan fingerprint density at radius 1 is 1.17 bits per heavy atom. The van der Waals surface area contributed by atoms with Crippen LogP contribution in [-0.2, 0) is 0 Å². The molecule has 0 saturated carbocycles. The number of nitrogens with zero attached hydrogens (tertiary/aromatic N) is 2. The van der Waals surface area contributed by atoms with Crippen LogP contribution in [0.5, 0.6) is 0 Å². The molecule has 1 amide bonds. The molecule has 0 aliphatic rings. The highest BCUT2D eigenvalue weighted by Gasteiger charge is 2.15. The summed E-state index contributed by atoms with van der Waals surface area (Å²) in [5.74, 6) is 0.396. The van der Waals surface area contributed by atoms with Crippen LogP contribution >= 0.6 is 0 Å². The zero-order chi connectivity index (χ0) is 17.7. The third-order valence-corrected chi connectivity index (χ3v) is 4.37. The average Bonchev–Trinajstić information content (AvgIpc) is 2.59.